The second kappa shape index (κ2) is 8.25. The minimum atomic E-state index is 0.0287. The van der Waals surface area contributed by atoms with Crippen LogP contribution in [-0.2, 0) is 12.8 Å². The van der Waals surface area contributed by atoms with Gasteiger partial charge in [0.15, 0.2) is 0 Å². The Bertz CT molecular complexity index is 563. The first-order valence-corrected chi connectivity index (χ1v) is 7.70. The summed E-state index contributed by atoms with van der Waals surface area (Å²) in [6.45, 7) is 2.86. The number of hydrogen-bond acceptors (Lipinski definition) is 1. The fourth-order valence-corrected chi connectivity index (χ4v) is 2.40. The first kappa shape index (κ1) is 15.3. The molecule has 0 aromatic heterocycles. The fourth-order valence-electron chi connectivity index (χ4n) is 2.40. The van der Waals surface area contributed by atoms with Gasteiger partial charge in [0.05, 0.1) is 0 Å². The number of rotatable bonds is 7. The van der Waals surface area contributed by atoms with Gasteiger partial charge in [0, 0.05) is 12.1 Å². The zero-order valence-electron chi connectivity index (χ0n) is 12.6. The maximum absolute atomic E-state index is 12.1. The number of hydrogen-bond donors (Lipinski definition) is 1. The summed E-state index contributed by atoms with van der Waals surface area (Å²) in [6.07, 6.45) is 4.08. The molecule has 110 valence electrons. The van der Waals surface area contributed by atoms with E-state index in [2.05, 4.69) is 30.4 Å². The largest absolute Gasteiger partial charge is 0.352 e. The molecule has 0 saturated heterocycles. The minimum absolute atomic E-state index is 0.0287. The van der Waals surface area contributed by atoms with E-state index in [1.807, 2.05) is 36.4 Å². The minimum Gasteiger partial charge on any atom is -0.352 e. The van der Waals surface area contributed by atoms with Gasteiger partial charge in [0.25, 0.3) is 5.91 Å². The zero-order chi connectivity index (χ0) is 14.9. The van der Waals surface area contributed by atoms with Crippen molar-refractivity contribution in [3.63, 3.8) is 0 Å². The molecule has 0 heterocycles. The van der Waals surface area contributed by atoms with Gasteiger partial charge in [-0.05, 0) is 42.5 Å². The number of carbonyl (C=O) groups is 1. The van der Waals surface area contributed by atoms with Gasteiger partial charge in [-0.25, -0.2) is 0 Å². The van der Waals surface area contributed by atoms with Crippen LogP contribution in [0.3, 0.4) is 0 Å². The van der Waals surface area contributed by atoms with Crippen LogP contribution in [0, 0.1) is 0 Å². The standard InChI is InChI=1S/C19H23NO/c1-2-8-17-11-6-13-18(15-17)19(21)20-14-7-12-16-9-4-3-5-10-16/h3-6,9-11,13,15H,2,7-8,12,14H2,1H3,(H,20,21). The van der Waals surface area contributed by atoms with E-state index in [-0.39, 0.29) is 5.91 Å². The van der Waals surface area contributed by atoms with Crippen LogP contribution in [0.2, 0.25) is 0 Å². The molecule has 0 aliphatic carbocycles. The molecule has 0 spiro atoms. The first-order chi connectivity index (χ1) is 10.3. The van der Waals surface area contributed by atoms with Crippen molar-refractivity contribution >= 4 is 5.91 Å². The summed E-state index contributed by atoms with van der Waals surface area (Å²) < 4.78 is 0. The molecule has 2 rings (SSSR count). The van der Waals surface area contributed by atoms with Crippen LogP contribution in [0.15, 0.2) is 54.6 Å². The van der Waals surface area contributed by atoms with Crippen molar-refractivity contribution in [1.29, 1.82) is 0 Å². The van der Waals surface area contributed by atoms with Gasteiger partial charge in [-0.2, -0.15) is 0 Å². The summed E-state index contributed by atoms with van der Waals surface area (Å²) in [7, 11) is 0. The van der Waals surface area contributed by atoms with Crippen LogP contribution in [0.5, 0.6) is 0 Å². The van der Waals surface area contributed by atoms with Gasteiger partial charge in [-0.15, -0.1) is 0 Å². The summed E-state index contributed by atoms with van der Waals surface area (Å²) in [4.78, 5) is 12.1. The molecular weight excluding hydrogens is 258 g/mol. The second-order valence-electron chi connectivity index (χ2n) is 5.30. The lowest BCUT2D eigenvalue weighted by molar-refractivity contribution is 0.0953. The molecule has 0 bridgehead atoms. The second-order valence-corrected chi connectivity index (χ2v) is 5.30. The van der Waals surface area contributed by atoms with Crippen molar-refractivity contribution in [3.05, 3.63) is 71.3 Å². The summed E-state index contributed by atoms with van der Waals surface area (Å²) in [5.74, 6) is 0.0287. The molecular formula is C19H23NO. The molecule has 0 fully saturated rings. The summed E-state index contributed by atoms with van der Waals surface area (Å²) in [6, 6.07) is 18.3. The molecule has 2 nitrogen and oxygen atoms in total. The molecule has 2 aromatic carbocycles. The van der Waals surface area contributed by atoms with Crippen molar-refractivity contribution in [3.8, 4) is 0 Å². The smallest absolute Gasteiger partial charge is 0.251 e. The summed E-state index contributed by atoms with van der Waals surface area (Å²) in [5.41, 5.74) is 3.31. The van der Waals surface area contributed by atoms with Crippen molar-refractivity contribution < 1.29 is 4.79 Å². The van der Waals surface area contributed by atoms with E-state index < -0.39 is 0 Å². The Hall–Kier alpha value is -2.09. The monoisotopic (exact) mass is 281 g/mol. The molecule has 0 atom stereocenters. The Balaban J connectivity index is 1.78. The third-order valence-corrected chi connectivity index (χ3v) is 3.50. The third kappa shape index (κ3) is 5.07. The topological polar surface area (TPSA) is 29.1 Å². The van der Waals surface area contributed by atoms with E-state index in [1.165, 1.54) is 11.1 Å². The van der Waals surface area contributed by atoms with Gasteiger partial charge >= 0.3 is 0 Å². The molecule has 0 aliphatic rings. The average molecular weight is 281 g/mol. The maximum Gasteiger partial charge on any atom is 0.251 e. The van der Waals surface area contributed by atoms with E-state index in [0.29, 0.717) is 6.54 Å². The highest BCUT2D eigenvalue weighted by Gasteiger charge is 2.05. The fraction of sp³-hybridized carbons (Fsp3) is 0.316. The number of nitrogens with one attached hydrogen (secondary N) is 1. The lowest BCUT2D eigenvalue weighted by Crippen LogP contribution is -2.24. The molecule has 21 heavy (non-hydrogen) atoms. The zero-order valence-corrected chi connectivity index (χ0v) is 12.6. The SMILES string of the molecule is CCCc1cccc(C(=O)NCCCc2ccccc2)c1. The molecule has 2 heteroatoms. The van der Waals surface area contributed by atoms with E-state index in [9.17, 15) is 4.79 Å². The van der Waals surface area contributed by atoms with Gasteiger partial charge in [0.1, 0.15) is 0 Å². The van der Waals surface area contributed by atoms with E-state index in [1.54, 1.807) is 0 Å². The molecule has 0 radical (unpaired) electrons. The van der Waals surface area contributed by atoms with Crippen LogP contribution in [0.25, 0.3) is 0 Å². The van der Waals surface area contributed by atoms with Gasteiger partial charge < -0.3 is 5.32 Å². The molecule has 1 N–H and O–H groups in total. The Kier molecular flexibility index (Phi) is 6.01. The van der Waals surface area contributed by atoms with Crippen LogP contribution in [-0.4, -0.2) is 12.5 Å². The number of benzene rings is 2. The van der Waals surface area contributed by atoms with Crippen LogP contribution in [0.1, 0.15) is 41.3 Å². The van der Waals surface area contributed by atoms with Crippen LogP contribution in [0.4, 0.5) is 0 Å². The molecule has 1 amide bonds. The lowest BCUT2D eigenvalue weighted by Gasteiger charge is -2.07. The van der Waals surface area contributed by atoms with Gasteiger partial charge in [0.2, 0.25) is 0 Å². The summed E-state index contributed by atoms with van der Waals surface area (Å²) >= 11 is 0. The molecule has 0 unspecified atom stereocenters. The molecule has 2 aromatic rings. The predicted molar refractivity (Wildman–Crippen MR) is 87.5 cm³/mol. The van der Waals surface area contributed by atoms with Crippen molar-refractivity contribution in [1.82, 2.24) is 5.32 Å². The van der Waals surface area contributed by atoms with E-state index >= 15 is 0 Å². The Labute approximate surface area is 127 Å². The van der Waals surface area contributed by atoms with Crippen LogP contribution >= 0.6 is 0 Å². The van der Waals surface area contributed by atoms with Gasteiger partial charge in [-0.1, -0.05) is 55.8 Å². The Morgan fingerprint density at radius 3 is 2.48 bits per heavy atom. The normalized spacial score (nSPS) is 10.3. The van der Waals surface area contributed by atoms with E-state index in [4.69, 9.17) is 0 Å². The van der Waals surface area contributed by atoms with Gasteiger partial charge in [-0.3, -0.25) is 4.79 Å². The van der Waals surface area contributed by atoms with Crippen LogP contribution < -0.4 is 5.32 Å². The van der Waals surface area contributed by atoms with Crippen molar-refractivity contribution in [2.45, 2.75) is 32.6 Å². The lowest BCUT2D eigenvalue weighted by atomic mass is 10.1. The Morgan fingerprint density at radius 2 is 1.71 bits per heavy atom. The highest BCUT2D eigenvalue weighted by molar-refractivity contribution is 5.94. The summed E-state index contributed by atoms with van der Waals surface area (Å²) in [5, 5.41) is 3.00. The van der Waals surface area contributed by atoms with Crippen molar-refractivity contribution in [2.75, 3.05) is 6.54 Å². The Morgan fingerprint density at radius 1 is 0.952 bits per heavy atom. The quantitative estimate of drug-likeness (QED) is 0.764. The maximum atomic E-state index is 12.1. The van der Waals surface area contributed by atoms with Crippen molar-refractivity contribution in [2.24, 2.45) is 0 Å². The average Bonchev–Trinajstić information content (AvgIpc) is 2.53. The molecule has 0 saturated carbocycles. The number of aryl methyl sites for hydroxylation is 2. The number of carbonyl (C=O) groups excluding carboxylic acids is 1. The van der Waals surface area contributed by atoms with E-state index in [0.717, 1.165) is 31.2 Å². The highest BCUT2D eigenvalue weighted by atomic mass is 16.1. The highest BCUT2D eigenvalue weighted by Crippen LogP contribution is 2.08. The number of amides is 1. The first-order valence-electron chi connectivity index (χ1n) is 7.70. The molecule has 0 aliphatic heterocycles. The predicted octanol–water partition coefficient (Wildman–Crippen LogP) is 4.00. The third-order valence-electron chi connectivity index (χ3n) is 3.50.